The molecule has 0 fully saturated rings. The number of sulfonamides is 2. The third-order valence-electron chi connectivity index (χ3n) is 4.89. The quantitative estimate of drug-likeness (QED) is 0.301. The zero-order valence-electron chi connectivity index (χ0n) is 18.4. The maximum atomic E-state index is 12.6. The van der Waals surface area contributed by atoms with Gasteiger partial charge in [0.2, 0.25) is 0 Å². The van der Waals surface area contributed by atoms with Gasteiger partial charge in [-0.3, -0.25) is 14.2 Å². The number of hydrogen-bond acceptors (Lipinski definition) is 6. The van der Waals surface area contributed by atoms with Gasteiger partial charge in [0.25, 0.3) is 26.0 Å². The molecule has 4 aromatic rings. The normalized spacial score (nSPS) is 11.6. The topological polar surface area (TPSA) is 121 Å². The van der Waals surface area contributed by atoms with Crippen LogP contribution in [0.3, 0.4) is 0 Å². The lowest BCUT2D eigenvalue weighted by molar-refractivity contribution is 0.102. The molecule has 1 heterocycles. The van der Waals surface area contributed by atoms with Crippen LogP contribution in [-0.2, 0) is 20.0 Å². The highest BCUT2D eigenvalue weighted by molar-refractivity contribution is 7.94. The molecule has 3 N–H and O–H groups in total. The van der Waals surface area contributed by atoms with Crippen molar-refractivity contribution in [3.05, 3.63) is 101 Å². The van der Waals surface area contributed by atoms with Crippen LogP contribution in [0.15, 0.2) is 99.4 Å². The summed E-state index contributed by atoms with van der Waals surface area (Å²) in [6.45, 7) is 1.91. The summed E-state index contributed by atoms with van der Waals surface area (Å²) in [5, 5.41) is 4.36. The van der Waals surface area contributed by atoms with E-state index < -0.39 is 26.0 Å². The van der Waals surface area contributed by atoms with Crippen molar-refractivity contribution in [1.29, 1.82) is 0 Å². The summed E-state index contributed by atoms with van der Waals surface area (Å²) in [6, 6.07) is 21.9. The first-order chi connectivity index (χ1) is 16.6. The Morgan fingerprint density at radius 2 is 1.23 bits per heavy atom. The van der Waals surface area contributed by atoms with Crippen molar-refractivity contribution in [1.82, 2.24) is 0 Å². The number of rotatable bonds is 8. The Hall–Kier alpha value is -3.67. The highest BCUT2D eigenvalue weighted by Gasteiger charge is 2.16. The van der Waals surface area contributed by atoms with Crippen molar-refractivity contribution in [2.75, 3.05) is 14.8 Å². The largest absolute Gasteiger partial charge is 0.322 e. The van der Waals surface area contributed by atoms with Gasteiger partial charge < -0.3 is 5.32 Å². The first-order valence-electron chi connectivity index (χ1n) is 10.3. The van der Waals surface area contributed by atoms with E-state index in [-0.39, 0.29) is 9.10 Å². The number of anilines is 3. The minimum atomic E-state index is -3.78. The number of benzene rings is 3. The first kappa shape index (κ1) is 24.5. The van der Waals surface area contributed by atoms with Gasteiger partial charge in [-0.1, -0.05) is 23.8 Å². The van der Waals surface area contributed by atoms with E-state index >= 15 is 0 Å². The molecule has 35 heavy (non-hydrogen) atoms. The molecule has 8 nitrogen and oxygen atoms in total. The van der Waals surface area contributed by atoms with E-state index in [0.29, 0.717) is 22.6 Å². The van der Waals surface area contributed by atoms with Crippen LogP contribution in [-0.4, -0.2) is 22.7 Å². The lowest BCUT2D eigenvalue weighted by Crippen LogP contribution is -2.14. The number of carbonyl (C=O) groups excluding carboxylic acids is 1. The van der Waals surface area contributed by atoms with E-state index in [1.807, 2.05) is 19.1 Å². The number of carbonyl (C=O) groups is 1. The second-order valence-electron chi connectivity index (χ2n) is 7.56. The molecule has 0 radical (unpaired) electrons. The predicted octanol–water partition coefficient (Wildman–Crippen LogP) is 4.91. The minimum absolute atomic E-state index is 0.0541. The van der Waals surface area contributed by atoms with Crippen LogP contribution in [0.2, 0.25) is 0 Å². The third-order valence-corrected chi connectivity index (χ3v) is 9.06. The smallest absolute Gasteiger partial charge is 0.271 e. The molecule has 0 saturated heterocycles. The van der Waals surface area contributed by atoms with E-state index in [0.717, 1.165) is 16.9 Å². The Labute approximate surface area is 207 Å². The molecular formula is C24H21N3O5S3. The summed E-state index contributed by atoms with van der Waals surface area (Å²) >= 11 is 1.11. The highest BCUT2D eigenvalue weighted by Crippen LogP contribution is 2.22. The van der Waals surface area contributed by atoms with Crippen molar-refractivity contribution < 1.29 is 21.6 Å². The summed E-state index contributed by atoms with van der Waals surface area (Å²) < 4.78 is 55.0. The van der Waals surface area contributed by atoms with Crippen molar-refractivity contribution in [3.63, 3.8) is 0 Å². The van der Waals surface area contributed by atoms with Gasteiger partial charge in [-0.05, 0) is 79.0 Å². The van der Waals surface area contributed by atoms with Gasteiger partial charge in [-0.25, -0.2) is 16.8 Å². The van der Waals surface area contributed by atoms with Crippen LogP contribution in [0.1, 0.15) is 15.9 Å². The standard InChI is InChI=1S/C24H21N3O5S3/c1-17-4-8-20(9-5-17)26-34(29,30)22-14-12-19(13-15-22)25-24(28)18-6-10-21(11-7-18)27-35(31,32)23-3-2-16-33-23/h2-16,26-27H,1H3,(H,25,28). The molecule has 3 aromatic carbocycles. The first-order valence-corrected chi connectivity index (χ1v) is 14.1. The average Bonchev–Trinajstić information content (AvgIpc) is 3.37. The molecular weight excluding hydrogens is 506 g/mol. The fourth-order valence-corrected chi connectivity index (χ4v) is 6.18. The summed E-state index contributed by atoms with van der Waals surface area (Å²) in [6.07, 6.45) is 0. The maximum Gasteiger partial charge on any atom is 0.271 e. The molecule has 180 valence electrons. The van der Waals surface area contributed by atoms with Crippen LogP contribution >= 0.6 is 11.3 Å². The second-order valence-corrected chi connectivity index (χ2v) is 12.1. The minimum Gasteiger partial charge on any atom is -0.322 e. The zero-order chi connectivity index (χ0) is 25.1. The number of thiophene rings is 1. The molecule has 0 aliphatic rings. The lowest BCUT2D eigenvalue weighted by Gasteiger charge is -2.10. The third kappa shape index (κ3) is 6.07. The Morgan fingerprint density at radius 1 is 0.686 bits per heavy atom. The van der Waals surface area contributed by atoms with Crippen molar-refractivity contribution in [3.8, 4) is 0 Å². The van der Waals surface area contributed by atoms with Crippen LogP contribution in [0, 0.1) is 6.92 Å². The van der Waals surface area contributed by atoms with Crippen molar-refractivity contribution in [2.24, 2.45) is 0 Å². The molecule has 0 saturated carbocycles. The van der Waals surface area contributed by atoms with E-state index in [1.165, 1.54) is 54.6 Å². The number of aryl methyl sites for hydroxylation is 1. The van der Waals surface area contributed by atoms with Gasteiger partial charge in [0.1, 0.15) is 4.21 Å². The highest BCUT2D eigenvalue weighted by atomic mass is 32.2. The van der Waals surface area contributed by atoms with Gasteiger partial charge in [0.15, 0.2) is 0 Å². The molecule has 0 unspecified atom stereocenters. The Bertz CT molecular complexity index is 1530. The maximum absolute atomic E-state index is 12.6. The Kier molecular flexibility index (Phi) is 6.92. The summed E-state index contributed by atoms with van der Waals surface area (Å²) in [5.74, 6) is -0.425. The number of nitrogens with one attached hydrogen (secondary N) is 3. The van der Waals surface area contributed by atoms with Gasteiger partial charge in [-0.2, -0.15) is 0 Å². The monoisotopic (exact) mass is 527 g/mol. The van der Waals surface area contributed by atoms with Gasteiger partial charge in [0, 0.05) is 22.6 Å². The van der Waals surface area contributed by atoms with Crippen LogP contribution < -0.4 is 14.8 Å². The molecule has 1 aromatic heterocycles. The van der Waals surface area contributed by atoms with Gasteiger partial charge in [0.05, 0.1) is 4.90 Å². The summed E-state index contributed by atoms with van der Waals surface area (Å²) in [5.41, 5.74) is 2.51. The van der Waals surface area contributed by atoms with Crippen LogP contribution in [0.25, 0.3) is 0 Å². The van der Waals surface area contributed by atoms with E-state index in [1.54, 1.807) is 23.6 Å². The predicted molar refractivity (Wildman–Crippen MR) is 138 cm³/mol. The Morgan fingerprint density at radius 3 is 1.80 bits per heavy atom. The summed E-state index contributed by atoms with van der Waals surface area (Å²) in [4.78, 5) is 12.6. The second kappa shape index (κ2) is 9.90. The Balaban J connectivity index is 1.39. The molecule has 1 amide bonds. The van der Waals surface area contributed by atoms with Crippen molar-refractivity contribution in [2.45, 2.75) is 16.0 Å². The fourth-order valence-electron chi connectivity index (χ4n) is 3.07. The average molecular weight is 528 g/mol. The van der Waals surface area contributed by atoms with Crippen molar-refractivity contribution >= 4 is 54.4 Å². The fraction of sp³-hybridized carbons (Fsp3) is 0.0417. The molecule has 0 bridgehead atoms. The zero-order valence-corrected chi connectivity index (χ0v) is 20.9. The van der Waals surface area contributed by atoms with Crippen LogP contribution in [0.5, 0.6) is 0 Å². The molecule has 0 aliphatic heterocycles. The molecule has 11 heteroatoms. The van der Waals surface area contributed by atoms with Gasteiger partial charge in [-0.15, -0.1) is 11.3 Å². The van der Waals surface area contributed by atoms with E-state index in [2.05, 4.69) is 14.8 Å². The number of hydrogen-bond donors (Lipinski definition) is 3. The lowest BCUT2D eigenvalue weighted by atomic mass is 10.2. The van der Waals surface area contributed by atoms with Crippen LogP contribution in [0.4, 0.5) is 17.1 Å². The SMILES string of the molecule is Cc1ccc(NS(=O)(=O)c2ccc(NC(=O)c3ccc(NS(=O)(=O)c4cccs4)cc3)cc2)cc1. The molecule has 0 atom stereocenters. The van der Waals surface area contributed by atoms with E-state index in [4.69, 9.17) is 0 Å². The molecule has 0 aliphatic carbocycles. The summed E-state index contributed by atoms with van der Waals surface area (Å²) in [7, 11) is -7.45. The molecule has 0 spiro atoms. The van der Waals surface area contributed by atoms with E-state index in [9.17, 15) is 21.6 Å². The molecule has 4 rings (SSSR count). The van der Waals surface area contributed by atoms with Gasteiger partial charge >= 0.3 is 0 Å². The number of amides is 1.